The van der Waals surface area contributed by atoms with E-state index in [-0.39, 0.29) is 29.9 Å². The summed E-state index contributed by atoms with van der Waals surface area (Å²) in [5.74, 6) is 0.220. The molecular weight excluding hydrogens is 324 g/mol. The highest BCUT2D eigenvalue weighted by Crippen LogP contribution is 2.38. The van der Waals surface area contributed by atoms with Crippen LogP contribution in [0.2, 0.25) is 0 Å². The summed E-state index contributed by atoms with van der Waals surface area (Å²) in [6.07, 6.45) is 5.24. The molecule has 2 aromatic carbocycles. The molecule has 0 spiro atoms. The van der Waals surface area contributed by atoms with Crippen molar-refractivity contribution in [2.24, 2.45) is 0 Å². The number of phenols is 1. The molecular formula is C22H24N2O2. The Kier molecular flexibility index (Phi) is 4.41. The fraction of sp³-hybridized carbons (Fsp3) is 0.318. The SMILES string of the molecule is C[C@H](NC(=O)N1C2C=C(c3ccccc3)CC1CC2)c1cccc(O)c1. The van der Waals surface area contributed by atoms with Gasteiger partial charge in [-0.1, -0.05) is 48.5 Å². The van der Waals surface area contributed by atoms with Crippen LogP contribution >= 0.6 is 0 Å². The topological polar surface area (TPSA) is 52.6 Å². The van der Waals surface area contributed by atoms with Crippen molar-refractivity contribution in [3.8, 4) is 5.75 Å². The zero-order chi connectivity index (χ0) is 18.1. The number of hydrogen-bond donors (Lipinski definition) is 2. The predicted molar refractivity (Wildman–Crippen MR) is 103 cm³/mol. The summed E-state index contributed by atoms with van der Waals surface area (Å²) >= 11 is 0. The fourth-order valence-electron chi connectivity index (χ4n) is 4.15. The summed E-state index contributed by atoms with van der Waals surface area (Å²) in [4.78, 5) is 14.9. The number of urea groups is 1. The normalized spacial score (nSPS) is 22.7. The summed E-state index contributed by atoms with van der Waals surface area (Å²) in [5, 5.41) is 12.7. The molecule has 1 saturated heterocycles. The van der Waals surface area contributed by atoms with E-state index in [0.717, 1.165) is 24.8 Å². The average Bonchev–Trinajstić information content (AvgIpc) is 2.92. The first-order valence-corrected chi connectivity index (χ1v) is 9.25. The molecule has 2 N–H and O–H groups in total. The van der Waals surface area contributed by atoms with E-state index in [1.54, 1.807) is 18.2 Å². The van der Waals surface area contributed by atoms with Crippen LogP contribution in [0.1, 0.15) is 43.4 Å². The molecule has 2 heterocycles. The number of amides is 2. The third-order valence-corrected chi connectivity index (χ3v) is 5.48. The number of benzene rings is 2. The first-order valence-electron chi connectivity index (χ1n) is 9.25. The maximum atomic E-state index is 12.9. The van der Waals surface area contributed by atoms with Gasteiger partial charge in [-0.05, 0) is 55.0 Å². The number of rotatable bonds is 3. The molecule has 2 amide bonds. The average molecular weight is 348 g/mol. The monoisotopic (exact) mass is 348 g/mol. The second kappa shape index (κ2) is 6.87. The summed E-state index contributed by atoms with van der Waals surface area (Å²) in [6, 6.07) is 17.8. The summed E-state index contributed by atoms with van der Waals surface area (Å²) in [5.41, 5.74) is 3.52. The van der Waals surface area contributed by atoms with Gasteiger partial charge >= 0.3 is 6.03 Å². The Labute approximate surface area is 154 Å². The highest BCUT2D eigenvalue weighted by Gasteiger charge is 2.40. The smallest absolute Gasteiger partial charge is 0.318 e. The van der Waals surface area contributed by atoms with Crippen LogP contribution in [0.3, 0.4) is 0 Å². The molecule has 4 rings (SSSR count). The van der Waals surface area contributed by atoms with Gasteiger partial charge in [-0.3, -0.25) is 0 Å². The lowest BCUT2D eigenvalue weighted by Gasteiger charge is -2.35. The summed E-state index contributed by atoms with van der Waals surface area (Å²) < 4.78 is 0. The van der Waals surface area contributed by atoms with Gasteiger partial charge in [0.1, 0.15) is 5.75 Å². The van der Waals surface area contributed by atoms with Crippen molar-refractivity contribution < 1.29 is 9.90 Å². The lowest BCUT2D eigenvalue weighted by atomic mass is 9.95. The molecule has 2 aliphatic rings. The van der Waals surface area contributed by atoms with Crippen LogP contribution in [-0.2, 0) is 0 Å². The number of carbonyl (C=O) groups is 1. The molecule has 2 unspecified atom stereocenters. The Bertz CT molecular complexity index is 831. The Morgan fingerprint density at radius 3 is 2.69 bits per heavy atom. The number of nitrogens with zero attached hydrogens (tertiary/aromatic N) is 1. The van der Waals surface area contributed by atoms with E-state index in [4.69, 9.17) is 0 Å². The highest BCUT2D eigenvalue weighted by molar-refractivity contribution is 5.79. The third kappa shape index (κ3) is 3.19. The first-order chi connectivity index (χ1) is 12.6. The Morgan fingerprint density at radius 1 is 1.15 bits per heavy atom. The highest BCUT2D eigenvalue weighted by atomic mass is 16.3. The van der Waals surface area contributed by atoms with E-state index in [2.05, 4.69) is 35.7 Å². The first kappa shape index (κ1) is 16.7. The predicted octanol–water partition coefficient (Wildman–Crippen LogP) is 4.48. The van der Waals surface area contributed by atoms with E-state index >= 15 is 0 Å². The standard InChI is InChI=1S/C22H24N2O2/c1-15(17-8-5-9-21(25)14-17)23-22(26)24-19-10-11-20(24)13-18(12-19)16-6-3-2-4-7-16/h2-9,12,14-15,19-20,25H,10-11,13H2,1H3,(H,23,26)/t15-,19?,20?/m0/s1. The minimum Gasteiger partial charge on any atom is -0.508 e. The zero-order valence-corrected chi connectivity index (χ0v) is 14.9. The molecule has 26 heavy (non-hydrogen) atoms. The van der Waals surface area contributed by atoms with E-state index in [0.29, 0.717) is 0 Å². The van der Waals surface area contributed by atoms with Crippen LogP contribution in [0.25, 0.3) is 5.57 Å². The molecule has 4 nitrogen and oxygen atoms in total. The number of hydrogen-bond acceptors (Lipinski definition) is 2. The van der Waals surface area contributed by atoms with E-state index in [9.17, 15) is 9.90 Å². The van der Waals surface area contributed by atoms with Crippen molar-refractivity contribution in [1.29, 1.82) is 0 Å². The maximum Gasteiger partial charge on any atom is 0.318 e. The van der Waals surface area contributed by atoms with Crippen LogP contribution in [0.5, 0.6) is 5.75 Å². The number of nitrogens with one attached hydrogen (secondary N) is 1. The van der Waals surface area contributed by atoms with Crippen molar-refractivity contribution in [3.05, 3.63) is 71.8 Å². The lowest BCUT2D eigenvalue weighted by molar-refractivity contribution is 0.176. The summed E-state index contributed by atoms with van der Waals surface area (Å²) in [7, 11) is 0. The van der Waals surface area contributed by atoms with Crippen molar-refractivity contribution in [3.63, 3.8) is 0 Å². The maximum absolute atomic E-state index is 12.9. The van der Waals surface area contributed by atoms with Crippen LogP contribution < -0.4 is 5.32 Å². The molecule has 134 valence electrons. The molecule has 0 aromatic heterocycles. The van der Waals surface area contributed by atoms with Crippen molar-refractivity contribution in [2.75, 3.05) is 0 Å². The molecule has 2 aromatic rings. The van der Waals surface area contributed by atoms with Gasteiger partial charge in [-0.2, -0.15) is 0 Å². The number of phenolic OH excluding ortho intramolecular Hbond substituents is 1. The van der Waals surface area contributed by atoms with Crippen LogP contribution in [0.15, 0.2) is 60.7 Å². The van der Waals surface area contributed by atoms with Gasteiger partial charge < -0.3 is 15.3 Å². The third-order valence-electron chi connectivity index (χ3n) is 5.48. The van der Waals surface area contributed by atoms with Crippen molar-refractivity contribution in [1.82, 2.24) is 10.2 Å². The van der Waals surface area contributed by atoms with E-state index in [1.165, 1.54) is 11.1 Å². The lowest BCUT2D eigenvalue weighted by Crippen LogP contribution is -2.48. The zero-order valence-electron chi connectivity index (χ0n) is 14.9. The minimum absolute atomic E-state index is 0.0169. The number of carbonyl (C=O) groups excluding carboxylic acids is 1. The second-order valence-electron chi connectivity index (χ2n) is 7.23. The van der Waals surface area contributed by atoms with Gasteiger partial charge in [-0.15, -0.1) is 0 Å². The van der Waals surface area contributed by atoms with Crippen LogP contribution in [-0.4, -0.2) is 28.1 Å². The largest absolute Gasteiger partial charge is 0.508 e. The van der Waals surface area contributed by atoms with Crippen LogP contribution in [0.4, 0.5) is 4.79 Å². The van der Waals surface area contributed by atoms with Gasteiger partial charge in [0.25, 0.3) is 0 Å². The fourth-order valence-corrected chi connectivity index (χ4v) is 4.15. The molecule has 0 saturated carbocycles. The quantitative estimate of drug-likeness (QED) is 0.859. The van der Waals surface area contributed by atoms with Gasteiger partial charge in [-0.25, -0.2) is 4.79 Å². The molecule has 1 fully saturated rings. The van der Waals surface area contributed by atoms with Gasteiger partial charge in [0, 0.05) is 6.04 Å². The minimum atomic E-state index is -0.145. The summed E-state index contributed by atoms with van der Waals surface area (Å²) in [6.45, 7) is 1.95. The molecule has 2 bridgehead atoms. The molecule has 4 heteroatoms. The number of aromatic hydroxyl groups is 1. The van der Waals surface area contributed by atoms with Crippen molar-refractivity contribution in [2.45, 2.75) is 44.3 Å². The van der Waals surface area contributed by atoms with Crippen molar-refractivity contribution >= 4 is 11.6 Å². The molecule has 0 aliphatic carbocycles. The molecule has 0 radical (unpaired) electrons. The van der Waals surface area contributed by atoms with Gasteiger partial charge in [0.15, 0.2) is 0 Å². The van der Waals surface area contributed by atoms with Gasteiger partial charge in [0.05, 0.1) is 12.1 Å². The van der Waals surface area contributed by atoms with Crippen LogP contribution in [0, 0.1) is 0 Å². The molecule has 3 atom stereocenters. The Balaban J connectivity index is 1.49. The van der Waals surface area contributed by atoms with E-state index in [1.807, 2.05) is 24.0 Å². The van der Waals surface area contributed by atoms with E-state index < -0.39 is 0 Å². The Hall–Kier alpha value is -2.75. The second-order valence-corrected chi connectivity index (χ2v) is 7.23. The Morgan fingerprint density at radius 2 is 1.96 bits per heavy atom. The van der Waals surface area contributed by atoms with Gasteiger partial charge in [0.2, 0.25) is 0 Å². The molecule has 2 aliphatic heterocycles. The number of fused-ring (bicyclic) bond motifs is 2.